The first-order valence-electron chi connectivity index (χ1n) is 5.91. The van der Waals surface area contributed by atoms with Gasteiger partial charge in [0, 0.05) is 30.6 Å². The van der Waals surface area contributed by atoms with Gasteiger partial charge >= 0.3 is 0 Å². The van der Waals surface area contributed by atoms with Crippen LogP contribution in [0.5, 0.6) is 5.75 Å². The summed E-state index contributed by atoms with van der Waals surface area (Å²) in [5.41, 5.74) is 2.94. The van der Waals surface area contributed by atoms with Gasteiger partial charge in [0.15, 0.2) is 0 Å². The maximum Gasteiger partial charge on any atom is 0.252 e. The van der Waals surface area contributed by atoms with Gasteiger partial charge in [-0.1, -0.05) is 0 Å². The van der Waals surface area contributed by atoms with Crippen molar-refractivity contribution in [2.75, 3.05) is 20.2 Å². The molecule has 2 heterocycles. The summed E-state index contributed by atoms with van der Waals surface area (Å²) in [6.07, 6.45) is 0. The van der Waals surface area contributed by atoms with E-state index < -0.39 is 0 Å². The lowest BCUT2D eigenvalue weighted by atomic mass is 9.84. The number of halogens is 1. The first-order chi connectivity index (χ1) is 8.20. The Morgan fingerprint density at radius 2 is 2.11 bits per heavy atom. The molecule has 0 spiro atoms. The molecule has 0 aromatic heterocycles. The van der Waals surface area contributed by atoms with Crippen molar-refractivity contribution in [1.82, 2.24) is 10.6 Å². The molecule has 0 unspecified atom stereocenters. The summed E-state index contributed by atoms with van der Waals surface area (Å²) in [4.78, 5) is 12.1. The Morgan fingerprint density at radius 1 is 1.33 bits per heavy atom. The fourth-order valence-electron chi connectivity index (χ4n) is 2.90. The average molecular weight is 269 g/mol. The minimum atomic E-state index is 0. The van der Waals surface area contributed by atoms with Gasteiger partial charge < -0.3 is 15.4 Å². The lowest BCUT2D eigenvalue weighted by molar-refractivity contribution is 0.0923. The van der Waals surface area contributed by atoms with Crippen molar-refractivity contribution in [2.45, 2.75) is 18.9 Å². The van der Waals surface area contributed by atoms with Gasteiger partial charge in [0.25, 0.3) is 5.91 Å². The highest BCUT2D eigenvalue weighted by atomic mass is 35.5. The van der Waals surface area contributed by atoms with Gasteiger partial charge in [-0.25, -0.2) is 0 Å². The molecule has 18 heavy (non-hydrogen) atoms. The Hall–Kier alpha value is -1.26. The molecule has 2 aliphatic rings. The molecule has 98 valence electrons. The lowest BCUT2D eigenvalue weighted by Crippen LogP contribution is -2.44. The molecule has 1 fully saturated rings. The zero-order chi connectivity index (χ0) is 12.0. The van der Waals surface area contributed by atoms with Crippen LogP contribution in [0.15, 0.2) is 12.1 Å². The van der Waals surface area contributed by atoms with Crippen LogP contribution in [0.4, 0.5) is 0 Å². The number of carbonyl (C=O) groups excluding carboxylic acids is 1. The number of nitrogens with one attached hydrogen (secondary N) is 2. The predicted octanol–water partition coefficient (Wildman–Crippen LogP) is 1.22. The number of ether oxygens (including phenoxy) is 1. The molecule has 0 saturated carbocycles. The van der Waals surface area contributed by atoms with Gasteiger partial charge in [-0.05, 0) is 30.2 Å². The quantitative estimate of drug-likeness (QED) is 0.805. The molecule has 1 aromatic rings. The van der Waals surface area contributed by atoms with E-state index in [0.717, 1.165) is 35.5 Å². The largest absolute Gasteiger partial charge is 0.497 e. The van der Waals surface area contributed by atoms with Crippen molar-refractivity contribution in [2.24, 2.45) is 0 Å². The minimum Gasteiger partial charge on any atom is -0.497 e. The van der Waals surface area contributed by atoms with E-state index in [0.29, 0.717) is 5.92 Å². The van der Waals surface area contributed by atoms with Crippen molar-refractivity contribution in [3.05, 3.63) is 28.8 Å². The molecule has 1 amide bonds. The van der Waals surface area contributed by atoms with E-state index in [1.165, 1.54) is 0 Å². The SMILES string of the molecule is COc1cc(C)c2c(c1)[C@@H]1CNC[C@H]1NC2=O.Cl. The molecular weight excluding hydrogens is 252 g/mol. The molecular formula is C13H17ClN2O2. The van der Waals surface area contributed by atoms with Gasteiger partial charge in [-0.2, -0.15) is 0 Å². The molecule has 4 nitrogen and oxygen atoms in total. The molecule has 2 atom stereocenters. The van der Waals surface area contributed by atoms with E-state index in [2.05, 4.69) is 10.6 Å². The summed E-state index contributed by atoms with van der Waals surface area (Å²) < 4.78 is 5.29. The summed E-state index contributed by atoms with van der Waals surface area (Å²) in [5, 5.41) is 6.40. The van der Waals surface area contributed by atoms with Crippen molar-refractivity contribution in [3.63, 3.8) is 0 Å². The summed E-state index contributed by atoms with van der Waals surface area (Å²) in [6.45, 7) is 3.74. The molecule has 2 aliphatic heterocycles. The maximum atomic E-state index is 12.1. The van der Waals surface area contributed by atoms with E-state index >= 15 is 0 Å². The van der Waals surface area contributed by atoms with Crippen LogP contribution in [0.3, 0.4) is 0 Å². The number of hydrogen-bond acceptors (Lipinski definition) is 3. The Balaban J connectivity index is 0.00000120. The second kappa shape index (κ2) is 4.78. The van der Waals surface area contributed by atoms with E-state index in [1.807, 2.05) is 19.1 Å². The summed E-state index contributed by atoms with van der Waals surface area (Å²) in [7, 11) is 1.66. The van der Waals surface area contributed by atoms with E-state index in [4.69, 9.17) is 4.74 Å². The first-order valence-corrected chi connectivity index (χ1v) is 5.91. The number of amides is 1. The zero-order valence-corrected chi connectivity index (χ0v) is 11.3. The normalized spacial score (nSPS) is 24.7. The van der Waals surface area contributed by atoms with Gasteiger partial charge in [-0.3, -0.25) is 4.79 Å². The Kier molecular flexibility index (Phi) is 3.50. The van der Waals surface area contributed by atoms with Crippen LogP contribution < -0.4 is 15.4 Å². The van der Waals surface area contributed by atoms with E-state index in [-0.39, 0.29) is 24.4 Å². The van der Waals surface area contributed by atoms with Gasteiger partial charge in [0.1, 0.15) is 5.75 Å². The molecule has 0 radical (unpaired) electrons. The Labute approximate surface area is 113 Å². The van der Waals surface area contributed by atoms with E-state index in [9.17, 15) is 4.79 Å². The summed E-state index contributed by atoms with van der Waals surface area (Å²) in [6, 6.07) is 4.15. The third-order valence-electron chi connectivity index (χ3n) is 3.73. The number of methoxy groups -OCH3 is 1. The number of rotatable bonds is 1. The summed E-state index contributed by atoms with van der Waals surface area (Å²) >= 11 is 0. The number of benzene rings is 1. The van der Waals surface area contributed by atoms with E-state index in [1.54, 1.807) is 7.11 Å². The maximum absolute atomic E-state index is 12.1. The van der Waals surface area contributed by atoms with Crippen LogP contribution in [0.1, 0.15) is 27.4 Å². The second-order valence-corrected chi connectivity index (χ2v) is 4.75. The second-order valence-electron chi connectivity index (χ2n) is 4.75. The number of aryl methyl sites for hydroxylation is 1. The van der Waals surface area contributed by atoms with Crippen molar-refractivity contribution < 1.29 is 9.53 Å². The smallest absolute Gasteiger partial charge is 0.252 e. The first kappa shape index (κ1) is 13.2. The Bertz CT molecular complexity index is 490. The van der Waals surface area contributed by atoms with Crippen LogP contribution in [-0.2, 0) is 0 Å². The van der Waals surface area contributed by atoms with Crippen molar-refractivity contribution >= 4 is 18.3 Å². The van der Waals surface area contributed by atoms with Gasteiger partial charge in [0.05, 0.1) is 7.11 Å². The molecule has 1 saturated heterocycles. The average Bonchev–Trinajstić information content (AvgIpc) is 2.76. The standard InChI is InChI=1S/C13H16N2O2.ClH/c1-7-3-8(17-2)4-9-10-5-14-6-11(10)15-13(16)12(7)9;/h3-4,10-11,14H,5-6H2,1-2H3,(H,15,16);1H/t10-,11+;/m0./s1. The molecule has 3 rings (SSSR count). The number of carbonyl (C=O) groups is 1. The fourth-order valence-corrected chi connectivity index (χ4v) is 2.90. The van der Waals surface area contributed by atoms with Crippen LogP contribution >= 0.6 is 12.4 Å². The van der Waals surface area contributed by atoms with Crippen molar-refractivity contribution in [1.29, 1.82) is 0 Å². The topological polar surface area (TPSA) is 50.4 Å². The molecule has 1 aromatic carbocycles. The van der Waals surface area contributed by atoms with Crippen molar-refractivity contribution in [3.8, 4) is 5.75 Å². The predicted molar refractivity (Wildman–Crippen MR) is 71.8 cm³/mol. The minimum absolute atomic E-state index is 0. The van der Waals surface area contributed by atoms with Gasteiger partial charge in [0.2, 0.25) is 0 Å². The van der Waals surface area contributed by atoms with Crippen LogP contribution in [-0.4, -0.2) is 32.1 Å². The van der Waals surface area contributed by atoms with Gasteiger partial charge in [-0.15, -0.1) is 12.4 Å². The third kappa shape index (κ3) is 1.85. The fraction of sp³-hybridized carbons (Fsp3) is 0.462. The number of hydrogen-bond donors (Lipinski definition) is 2. The van der Waals surface area contributed by atoms with Crippen LogP contribution in [0.2, 0.25) is 0 Å². The lowest BCUT2D eigenvalue weighted by Gasteiger charge is -2.29. The zero-order valence-electron chi connectivity index (χ0n) is 10.4. The highest BCUT2D eigenvalue weighted by Gasteiger charge is 2.37. The molecule has 0 bridgehead atoms. The molecule has 2 N–H and O–H groups in total. The number of fused-ring (bicyclic) bond motifs is 3. The highest BCUT2D eigenvalue weighted by molar-refractivity contribution is 5.99. The highest BCUT2D eigenvalue weighted by Crippen LogP contribution is 2.34. The van der Waals surface area contributed by atoms with Crippen LogP contribution in [0, 0.1) is 6.92 Å². The monoisotopic (exact) mass is 268 g/mol. The molecule has 0 aliphatic carbocycles. The Morgan fingerprint density at radius 3 is 2.83 bits per heavy atom. The third-order valence-corrected chi connectivity index (χ3v) is 3.73. The summed E-state index contributed by atoms with van der Waals surface area (Å²) in [5.74, 6) is 1.25. The van der Waals surface area contributed by atoms with Crippen LogP contribution in [0.25, 0.3) is 0 Å². The molecule has 5 heteroatoms.